The second kappa shape index (κ2) is 4.97. The predicted octanol–water partition coefficient (Wildman–Crippen LogP) is 2.77. The van der Waals surface area contributed by atoms with E-state index in [-0.39, 0.29) is 6.09 Å². The lowest BCUT2D eigenvalue weighted by Crippen LogP contribution is -2.47. The molecule has 4 nitrogen and oxygen atoms in total. The molecule has 1 amide bonds. The fourth-order valence-corrected chi connectivity index (χ4v) is 2.59. The minimum Gasteiger partial charge on any atom is -0.444 e. The van der Waals surface area contributed by atoms with Crippen LogP contribution < -0.4 is 5.32 Å². The van der Waals surface area contributed by atoms with Crippen LogP contribution in [0.5, 0.6) is 0 Å². The summed E-state index contributed by atoms with van der Waals surface area (Å²) < 4.78 is 5.41. The van der Waals surface area contributed by atoms with Crippen molar-refractivity contribution in [2.75, 3.05) is 13.1 Å². The third kappa shape index (κ3) is 4.10. The van der Waals surface area contributed by atoms with Gasteiger partial charge in [-0.2, -0.15) is 0 Å². The molecule has 110 valence electrons. The predicted molar refractivity (Wildman–Crippen MR) is 76.2 cm³/mol. The molecule has 0 aromatic heterocycles. The number of amides is 1. The summed E-state index contributed by atoms with van der Waals surface area (Å²) in [6, 6.07) is 1.23. The van der Waals surface area contributed by atoms with Gasteiger partial charge in [0, 0.05) is 25.2 Å². The SMILES string of the molecule is CC(C)(C)OC(=O)N1CCC(NC2CC2(C)C)CC1. The van der Waals surface area contributed by atoms with Gasteiger partial charge in [-0.05, 0) is 45.4 Å². The molecular weight excluding hydrogens is 240 g/mol. The number of nitrogens with zero attached hydrogens (tertiary/aromatic N) is 1. The molecule has 0 aromatic carbocycles. The van der Waals surface area contributed by atoms with Crippen molar-refractivity contribution in [2.24, 2.45) is 5.41 Å². The molecule has 4 heteroatoms. The summed E-state index contributed by atoms with van der Waals surface area (Å²) in [6.07, 6.45) is 3.18. The molecule has 2 fully saturated rings. The van der Waals surface area contributed by atoms with E-state index in [4.69, 9.17) is 4.74 Å². The van der Waals surface area contributed by atoms with Crippen LogP contribution in [0.15, 0.2) is 0 Å². The van der Waals surface area contributed by atoms with Crippen LogP contribution in [-0.2, 0) is 4.74 Å². The van der Waals surface area contributed by atoms with Gasteiger partial charge in [0.2, 0.25) is 0 Å². The number of hydrogen-bond donors (Lipinski definition) is 1. The first-order valence-corrected chi connectivity index (χ1v) is 7.41. The van der Waals surface area contributed by atoms with Crippen LogP contribution >= 0.6 is 0 Å². The molecule has 1 aliphatic carbocycles. The third-order valence-electron chi connectivity index (χ3n) is 4.10. The highest BCUT2D eigenvalue weighted by molar-refractivity contribution is 5.68. The summed E-state index contributed by atoms with van der Waals surface area (Å²) in [5.41, 5.74) is 0.0759. The lowest BCUT2D eigenvalue weighted by molar-refractivity contribution is 0.0197. The Morgan fingerprint density at radius 1 is 1.26 bits per heavy atom. The quantitative estimate of drug-likeness (QED) is 0.837. The van der Waals surface area contributed by atoms with Gasteiger partial charge >= 0.3 is 6.09 Å². The molecule has 1 saturated carbocycles. The third-order valence-corrected chi connectivity index (χ3v) is 4.10. The molecule has 19 heavy (non-hydrogen) atoms. The van der Waals surface area contributed by atoms with Gasteiger partial charge < -0.3 is 15.0 Å². The van der Waals surface area contributed by atoms with Crippen molar-refractivity contribution in [3.63, 3.8) is 0 Å². The summed E-state index contributed by atoms with van der Waals surface area (Å²) in [5, 5.41) is 3.71. The summed E-state index contributed by atoms with van der Waals surface area (Å²) >= 11 is 0. The lowest BCUT2D eigenvalue weighted by atomic mass is 10.0. The Kier molecular flexibility index (Phi) is 3.83. The van der Waals surface area contributed by atoms with Gasteiger partial charge in [-0.25, -0.2) is 4.79 Å². The second-order valence-corrected chi connectivity index (χ2v) is 7.65. The minimum absolute atomic E-state index is 0.169. The molecule has 2 rings (SSSR count). The molecule has 1 atom stereocenters. The average Bonchev–Trinajstić information content (AvgIpc) is 2.84. The first-order chi connectivity index (χ1) is 8.67. The van der Waals surface area contributed by atoms with E-state index < -0.39 is 5.60 Å². The Morgan fingerprint density at radius 3 is 2.21 bits per heavy atom. The van der Waals surface area contributed by atoms with Crippen molar-refractivity contribution in [3.05, 3.63) is 0 Å². The van der Waals surface area contributed by atoms with E-state index in [1.54, 1.807) is 0 Å². The number of likely N-dealkylation sites (tertiary alicyclic amines) is 1. The Bertz CT molecular complexity index is 339. The maximum atomic E-state index is 11.9. The number of piperidine rings is 1. The standard InChI is InChI=1S/C15H28N2O2/c1-14(2,3)19-13(18)17-8-6-11(7-9-17)16-12-10-15(12,4)5/h11-12,16H,6-10H2,1-5H3. The van der Waals surface area contributed by atoms with E-state index >= 15 is 0 Å². The van der Waals surface area contributed by atoms with Crippen LogP contribution in [0.4, 0.5) is 4.79 Å². The highest BCUT2D eigenvalue weighted by atomic mass is 16.6. The monoisotopic (exact) mass is 268 g/mol. The molecule has 0 bridgehead atoms. The van der Waals surface area contributed by atoms with Gasteiger partial charge in [0.05, 0.1) is 0 Å². The molecule has 0 radical (unpaired) electrons. The fraction of sp³-hybridized carbons (Fsp3) is 0.933. The van der Waals surface area contributed by atoms with Crippen LogP contribution in [-0.4, -0.2) is 41.8 Å². The van der Waals surface area contributed by atoms with E-state index in [1.165, 1.54) is 6.42 Å². The van der Waals surface area contributed by atoms with E-state index in [0.29, 0.717) is 17.5 Å². The molecule has 1 heterocycles. The first kappa shape index (κ1) is 14.6. The molecular formula is C15H28N2O2. The van der Waals surface area contributed by atoms with Gasteiger partial charge in [-0.1, -0.05) is 13.8 Å². The van der Waals surface area contributed by atoms with Gasteiger partial charge in [0.25, 0.3) is 0 Å². The zero-order chi connectivity index (χ0) is 14.3. The molecule has 0 spiro atoms. The molecule has 1 aliphatic heterocycles. The average molecular weight is 268 g/mol. The van der Waals surface area contributed by atoms with Gasteiger partial charge in [0.1, 0.15) is 5.60 Å². The number of ether oxygens (including phenoxy) is 1. The van der Waals surface area contributed by atoms with E-state index in [1.807, 2.05) is 25.7 Å². The minimum atomic E-state index is -0.399. The molecule has 0 aromatic rings. The van der Waals surface area contributed by atoms with Crippen molar-refractivity contribution >= 4 is 6.09 Å². The van der Waals surface area contributed by atoms with Crippen molar-refractivity contribution in [3.8, 4) is 0 Å². The highest BCUT2D eigenvalue weighted by Gasteiger charge is 2.46. The van der Waals surface area contributed by atoms with Gasteiger partial charge in [-0.15, -0.1) is 0 Å². The Hall–Kier alpha value is -0.770. The second-order valence-electron chi connectivity index (χ2n) is 7.65. The van der Waals surface area contributed by atoms with Crippen LogP contribution in [0.1, 0.15) is 53.9 Å². The van der Waals surface area contributed by atoms with Crippen molar-refractivity contribution < 1.29 is 9.53 Å². The summed E-state index contributed by atoms with van der Waals surface area (Å²) in [7, 11) is 0. The van der Waals surface area contributed by atoms with E-state index in [2.05, 4.69) is 19.2 Å². The molecule has 1 N–H and O–H groups in total. The highest BCUT2D eigenvalue weighted by Crippen LogP contribution is 2.45. The smallest absolute Gasteiger partial charge is 0.410 e. The van der Waals surface area contributed by atoms with Gasteiger partial charge in [-0.3, -0.25) is 0 Å². The zero-order valence-electron chi connectivity index (χ0n) is 13.0. The first-order valence-electron chi connectivity index (χ1n) is 7.41. The van der Waals surface area contributed by atoms with Crippen LogP contribution in [0.3, 0.4) is 0 Å². The van der Waals surface area contributed by atoms with E-state index in [9.17, 15) is 4.79 Å². The number of carbonyl (C=O) groups excluding carboxylic acids is 1. The zero-order valence-corrected chi connectivity index (χ0v) is 13.0. The maximum absolute atomic E-state index is 11.9. The Labute approximate surface area is 116 Å². The number of carbonyl (C=O) groups is 1. The largest absolute Gasteiger partial charge is 0.444 e. The molecule has 2 aliphatic rings. The lowest BCUT2D eigenvalue weighted by Gasteiger charge is -2.34. The maximum Gasteiger partial charge on any atom is 0.410 e. The Morgan fingerprint density at radius 2 is 1.79 bits per heavy atom. The normalized spacial score (nSPS) is 27.2. The van der Waals surface area contributed by atoms with E-state index in [0.717, 1.165) is 25.9 Å². The van der Waals surface area contributed by atoms with Crippen LogP contribution in [0.2, 0.25) is 0 Å². The number of rotatable bonds is 2. The molecule has 1 saturated heterocycles. The van der Waals surface area contributed by atoms with Crippen molar-refractivity contribution in [1.29, 1.82) is 0 Å². The summed E-state index contributed by atoms with van der Waals surface area (Å²) in [6.45, 7) is 12.0. The van der Waals surface area contributed by atoms with Crippen LogP contribution in [0, 0.1) is 5.41 Å². The van der Waals surface area contributed by atoms with Crippen LogP contribution in [0.25, 0.3) is 0 Å². The summed E-state index contributed by atoms with van der Waals surface area (Å²) in [5.74, 6) is 0. The summed E-state index contributed by atoms with van der Waals surface area (Å²) in [4.78, 5) is 13.8. The van der Waals surface area contributed by atoms with Crippen molar-refractivity contribution in [2.45, 2.75) is 71.6 Å². The number of hydrogen-bond acceptors (Lipinski definition) is 3. The van der Waals surface area contributed by atoms with Gasteiger partial charge in [0.15, 0.2) is 0 Å². The molecule has 1 unspecified atom stereocenters. The number of nitrogens with one attached hydrogen (secondary N) is 1. The van der Waals surface area contributed by atoms with Crippen molar-refractivity contribution in [1.82, 2.24) is 10.2 Å². The fourth-order valence-electron chi connectivity index (χ4n) is 2.59. The Balaban J connectivity index is 1.72. The topological polar surface area (TPSA) is 41.6 Å².